The third kappa shape index (κ3) is 6.07. The molecule has 10 heteroatoms. The number of hydrogen-bond donors (Lipinski definition) is 2. The molecule has 0 fully saturated rings. The topological polar surface area (TPSA) is 102 Å². The predicted molar refractivity (Wildman–Crippen MR) is 144 cm³/mol. The summed E-state index contributed by atoms with van der Waals surface area (Å²) in [5, 5.41) is 17.4. The maximum absolute atomic E-state index is 12.8. The molecule has 0 saturated carbocycles. The molecule has 36 heavy (non-hydrogen) atoms. The van der Waals surface area contributed by atoms with E-state index < -0.39 is 0 Å². The second kappa shape index (κ2) is 11.8. The van der Waals surface area contributed by atoms with E-state index in [1.54, 1.807) is 12.1 Å². The van der Waals surface area contributed by atoms with Crippen LogP contribution in [0.4, 0.5) is 5.13 Å². The van der Waals surface area contributed by atoms with Gasteiger partial charge in [0.15, 0.2) is 16.1 Å². The van der Waals surface area contributed by atoms with E-state index in [0.717, 1.165) is 16.8 Å². The van der Waals surface area contributed by atoms with Gasteiger partial charge < -0.3 is 15.2 Å². The van der Waals surface area contributed by atoms with Gasteiger partial charge in [0.05, 0.1) is 17.5 Å². The van der Waals surface area contributed by atoms with E-state index in [-0.39, 0.29) is 23.6 Å². The first-order valence-electron chi connectivity index (χ1n) is 11.3. The maximum Gasteiger partial charge on any atom is 0.252 e. The molecule has 2 aromatic heterocycles. The highest BCUT2D eigenvalue weighted by atomic mass is 32.2. The monoisotopic (exact) mass is 518 g/mol. The number of allylic oxidation sites excluding steroid dienone is 1. The lowest BCUT2D eigenvalue weighted by Gasteiger charge is -2.16. The smallest absolute Gasteiger partial charge is 0.252 e. The number of aromatic nitrogens is 4. The molecular formula is C26H26N6O2S2. The first-order chi connectivity index (χ1) is 17.5. The lowest BCUT2D eigenvalue weighted by Crippen LogP contribution is -2.29. The summed E-state index contributed by atoms with van der Waals surface area (Å²) in [6.07, 6.45) is 1.73. The van der Waals surface area contributed by atoms with Gasteiger partial charge in [-0.05, 0) is 25.5 Å². The van der Waals surface area contributed by atoms with Gasteiger partial charge in [-0.1, -0.05) is 66.4 Å². The summed E-state index contributed by atoms with van der Waals surface area (Å²) >= 11 is 2.65. The molecule has 0 aliphatic carbocycles. The summed E-state index contributed by atoms with van der Waals surface area (Å²) in [7, 11) is 0. The number of rotatable bonds is 10. The molecule has 0 radical (unpaired) electrons. The largest absolute Gasteiger partial charge is 0.342 e. The van der Waals surface area contributed by atoms with E-state index in [9.17, 15) is 9.59 Å². The molecule has 4 aromatic rings. The summed E-state index contributed by atoms with van der Waals surface area (Å²) in [5.41, 5.74) is 3.33. The van der Waals surface area contributed by atoms with Crippen molar-refractivity contribution in [3.05, 3.63) is 89.6 Å². The molecule has 0 unspecified atom stereocenters. The fourth-order valence-electron chi connectivity index (χ4n) is 3.55. The Morgan fingerprint density at radius 3 is 2.64 bits per heavy atom. The van der Waals surface area contributed by atoms with Crippen LogP contribution in [0.1, 0.15) is 34.7 Å². The molecule has 0 aliphatic heterocycles. The number of amides is 2. The molecule has 4 rings (SSSR count). The normalized spacial score (nSPS) is 11.6. The maximum atomic E-state index is 12.8. The molecule has 2 aromatic carbocycles. The third-order valence-electron chi connectivity index (χ3n) is 5.33. The van der Waals surface area contributed by atoms with Crippen LogP contribution in [0.2, 0.25) is 0 Å². The van der Waals surface area contributed by atoms with Crippen LogP contribution in [-0.2, 0) is 11.3 Å². The standard InChI is InChI=1S/C26H26N6O2S2/c1-4-14-32-23(18(3)27-24(34)20-13-9-8-10-17(20)2)30-31-26(32)36-16-22(33)29-25-28-21(15-35-25)19-11-6-5-7-12-19/h4-13,15,18H,1,14,16H2,2-3H3,(H,27,34)(H,28,29,33)/t18-/m0/s1. The molecule has 184 valence electrons. The van der Waals surface area contributed by atoms with Gasteiger partial charge >= 0.3 is 0 Å². The van der Waals surface area contributed by atoms with Crippen LogP contribution in [0.15, 0.2) is 77.8 Å². The van der Waals surface area contributed by atoms with E-state index in [1.807, 2.05) is 72.3 Å². The summed E-state index contributed by atoms with van der Waals surface area (Å²) < 4.78 is 1.85. The van der Waals surface area contributed by atoms with Crippen LogP contribution in [0, 0.1) is 6.92 Å². The number of carbonyl (C=O) groups excluding carboxylic acids is 2. The Bertz CT molecular complexity index is 1370. The van der Waals surface area contributed by atoms with Gasteiger partial charge in [-0.2, -0.15) is 0 Å². The zero-order chi connectivity index (χ0) is 25.5. The van der Waals surface area contributed by atoms with Gasteiger partial charge in [0.25, 0.3) is 5.91 Å². The first-order valence-corrected chi connectivity index (χ1v) is 13.2. The third-order valence-corrected chi connectivity index (χ3v) is 7.06. The van der Waals surface area contributed by atoms with Crippen LogP contribution in [-0.4, -0.2) is 37.3 Å². The number of anilines is 1. The Kier molecular flexibility index (Phi) is 8.29. The number of hydrogen-bond acceptors (Lipinski definition) is 7. The average Bonchev–Trinajstić information content (AvgIpc) is 3.51. The summed E-state index contributed by atoms with van der Waals surface area (Å²) in [5.74, 6) is 0.358. The molecule has 8 nitrogen and oxygen atoms in total. The molecular weight excluding hydrogens is 492 g/mol. The lowest BCUT2D eigenvalue weighted by molar-refractivity contribution is -0.113. The lowest BCUT2D eigenvalue weighted by atomic mass is 10.1. The first kappa shape index (κ1) is 25.3. The number of thioether (sulfide) groups is 1. The van der Waals surface area contributed by atoms with Crippen molar-refractivity contribution < 1.29 is 9.59 Å². The number of thiazole rings is 1. The van der Waals surface area contributed by atoms with Crippen molar-refractivity contribution in [1.82, 2.24) is 25.1 Å². The van der Waals surface area contributed by atoms with Gasteiger partial charge in [0.2, 0.25) is 5.91 Å². The summed E-state index contributed by atoms with van der Waals surface area (Å²) in [6, 6.07) is 16.8. The minimum atomic E-state index is -0.389. The average molecular weight is 519 g/mol. The van der Waals surface area contributed by atoms with Crippen molar-refractivity contribution in [2.24, 2.45) is 0 Å². The highest BCUT2D eigenvalue weighted by Gasteiger charge is 2.21. The van der Waals surface area contributed by atoms with Crippen LogP contribution in [0.3, 0.4) is 0 Å². The van der Waals surface area contributed by atoms with Gasteiger partial charge in [-0.25, -0.2) is 4.98 Å². The van der Waals surface area contributed by atoms with Gasteiger partial charge in [-0.15, -0.1) is 28.1 Å². The number of carbonyl (C=O) groups is 2. The van der Waals surface area contributed by atoms with Crippen molar-refractivity contribution in [3.63, 3.8) is 0 Å². The predicted octanol–water partition coefficient (Wildman–Crippen LogP) is 5.12. The molecule has 0 spiro atoms. The second-order valence-corrected chi connectivity index (χ2v) is 9.79. The Morgan fingerprint density at radius 1 is 1.14 bits per heavy atom. The zero-order valence-electron chi connectivity index (χ0n) is 20.0. The van der Waals surface area contributed by atoms with E-state index in [4.69, 9.17) is 0 Å². The second-order valence-electron chi connectivity index (χ2n) is 7.99. The van der Waals surface area contributed by atoms with E-state index >= 15 is 0 Å². The fourth-order valence-corrected chi connectivity index (χ4v) is 5.04. The van der Waals surface area contributed by atoms with Crippen molar-refractivity contribution in [3.8, 4) is 11.3 Å². The van der Waals surface area contributed by atoms with E-state index in [0.29, 0.717) is 28.2 Å². The Hall–Kier alpha value is -3.76. The number of benzene rings is 2. The van der Waals surface area contributed by atoms with Crippen molar-refractivity contribution in [2.45, 2.75) is 31.6 Å². The molecule has 2 amide bonds. The van der Waals surface area contributed by atoms with Crippen LogP contribution in [0.25, 0.3) is 11.3 Å². The zero-order valence-corrected chi connectivity index (χ0v) is 21.6. The molecule has 2 heterocycles. The van der Waals surface area contributed by atoms with Gasteiger partial charge in [-0.3, -0.25) is 9.59 Å². The molecule has 0 bridgehead atoms. The minimum absolute atomic E-state index is 0.138. The molecule has 0 saturated heterocycles. The van der Waals surface area contributed by atoms with Crippen LogP contribution in [0.5, 0.6) is 0 Å². The summed E-state index contributed by atoms with van der Waals surface area (Å²) in [6.45, 7) is 8.02. The van der Waals surface area contributed by atoms with Crippen molar-refractivity contribution in [2.75, 3.05) is 11.1 Å². The minimum Gasteiger partial charge on any atom is -0.342 e. The van der Waals surface area contributed by atoms with Crippen LogP contribution < -0.4 is 10.6 Å². The Morgan fingerprint density at radius 2 is 1.89 bits per heavy atom. The van der Waals surface area contributed by atoms with Crippen molar-refractivity contribution in [1.29, 1.82) is 0 Å². The van der Waals surface area contributed by atoms with E-state index in [1.165, 1.54) is 23.1 Å². The van der Waals surface area contributed by atoms with E-state index in [2.05, 4.69) is 32.4 Å². The number of aryl methyl sites for hydroxylation is 1. The van der Waals surface area contributed by atoms with Crippen LogP contribution >= 0.6 is 23.1 Å². The summed E-state index contributed by atoms with van der Waals surface area (Å²) in [4.78, 5) is 29.8. The fraction of sp³-hybridized carbons (Fsp3) is 0.192. The highest BCUT2D eigenvalue weighted by molar-refractivity contribution is 7.99. The molecule has 0 aliphatic rings. The van der Waals surface area contributed by atoms with Gasteiger partial charge in [0.1, 0.15) is 0 Å². The Labute approximate surface area is 217 Å². The Balaban J connectivity index is 1.39. The number of nitrogens with one attached hydrogen (secondary N) is 2. The molecule has 2 N–H and O–H groups in total. The quantitative estimate of drug-likeness (QED) is 0.223. The number of nitrogens with zero attached hydrogens (tertiary/aromatic N) is 4. The highest BCUT2D eigenvalue weighted by Crippen LogP contribution is 2.26. The molecule has 1 atom stereocenters. The van der Waals surface area contributed by atoms with Gasteiger partial charge in [0, 0.05) is 23.1 Å². The van der Waals surface area contributed by atoms with Crippen molar-refractivity contribution >= 4 is 40.0 Å². The SMILES string of the molecule is C=CCn1c(SCC(=O)Nc2nc(-c3ccccc3)cs2)nnc1[C@H](C)NC(=O)c1ccccc1C.